The summed E-state index contributed by atoms with van der Waals surface area (Å²) in [5, 5.41) is 13.7. The Morgan fingerprint density at radius 3 is 2.46 bits per heavy atom. The molecular weight excluding hydrogens is 472 g/mol. The van der Waals surface area contributed by atoms with E-state index >= 15 is 0 Å². The molecule has 1 atom stereocenters. The Bertz CT molecular complexity index is 1300. The van der Waals surface area contributed by atoms with Gasteiger partial charge in [0.15, 0.2) is 23.9 Å². The fraction of sp³-hybridized carbons (Fsp3) is 0.276. The van der Waals surface area contributed by atoms with Crippen molar-refractivity contribution in [3.8, 4) is 17.2 Å². The van der Waals surface area contributed by atoms with Gasteiger partial charge in [-0.15, -0.1) is 0 Å². The van der Waals surface area contributed by atoms with Gasteiger partial charge in [0.2, 0.25) is 5.78 Å². The van der Waals surface area contributed by atoms with Gasteiger partial charge in [0, 0.05) is 17.2 Å². The van der Waals surface area contributed by atoms with Gasteiger partial charge in [-0.1, -0.05) is 24.0 Å². The molecule has 1 N–H and O–H groups in total. The Hall–Kier alpha value is -4.33. The van der Waals surface area contributed by atoms with Crippen LogP contribution in [0, 0.1) is 0 Å². The fourth-order valence-electron chi connectivity index (χ4n) is 4.35. The Labute approximate surface area is 216 Å². The number of aromatic nitrogens is 1. The van der Waals surface area contributed by atoms with Crippen LogP contribution in [0.25, 0.3) is 5.76 Å². The van der Waals surface area contributed by atoms with Gasteiger partial charge in [0.25, 0.3) is 5.91 Å². The third kappa shape index (κ3) is 5.43. The summed E-state index contributed by atoms with van der Waals surface area (Å²) in [6.45, 7) is 6.26. The zero-order valence-electron chi connectivity index (χ0n) is 21.3. The third-order valence-corrected chi connectivity index (χ3v) is 5.95. The highest BCUT2D eigenvalue weighted by Crippen LogP contribution is 2.42. The van der Waals surface area contributed by atoms with Crippen molar-refractivity contribution in [3.63, 3.8) is 0 Å². The maximum absolute atomic E-state index is 13.7. The number of pyridine rings is 1. The second kappa shape index (κ2) is 11.2. The van der Waals surface area contributed by atoms with Crippen LogP contribution >= 0.6 is 0 Å². The summed E-state index contributed by atoms with van der Waals surface area (Å²) in [7, 11) is 1.51. The van der Waals surface area contributed by atoms with E-state index in [0.29, 0.717) is 35.0 Å². The molecule has 8 heteroatoms. The lowest BCUT2D eigenvalue weighted by molar-refractivity contribution is -0.378. The van der Waals surface area contributed by atoms with Gasteiger partial charge in [-0.05, 0) is 62.2 Å². The number of carbonyl (C=O) groups excluding carboxylic acids is 2. The summed E-state index contributed by atoms with van der Waals surface area (Å²) >= 11 is 0. The Balaban J connectivity index is 1.83. The molecule has 3 aromatic rings. The maximum Gasteiger partial charge on any atom is 0.295 e. The van der Waals surface area contributed by atoms with E-state index in [1.54, 1.807) is 54.9 Å². The summed E-state index contributed by atoms with van der Waals surface area (Å²) in [6.07, 6.45) is 3.48. The SMILES string of the molecule is CCOc1ccc(C2/C(=C(\[O-])c3ccc(OC(C)C)cc3)C(=O)C(=O)N2Cc2ccc[nH+]c2)cc1OC. The van der Waals surface area contributed by atoms with Crippen molar-refractivity contribution < 1.29 is 33.9 Å². The smallest absolute Gasteiger partial charge is 0.295 e. The lowest BCUT2D eigenvalue weighted by Crippen LogP contribution is -2.29. The number of methoxy groups -OCH3 is 1. The van der Waals surface area contributed by atoms with Crippen LogP contribution in [0.3, 0.4) is 0 Å². The molecule has 1 amide bonds. The maximum atomic E-state index is 13.7. The van der Waals surface area contributed by atoms with Gasteiger partial charge in [-0.3, -0.25) is 9.59 Å². The summed E-state index contributed by atoms with van der Waals surface area (Å²) in [6, 6.07) is 14.5. The van der Waals surface area contributed by atoms with Crippen LogP contribution in [0.15, 0.2) is 72.6 Å². The number of aromatic amines is 1. The number of nitrogens with zero attached hydrogens (tertiary/aromatic N) is 1. The number of likely N-dealkylation sites (tertiary alicyclic amines) is 1. The number of rotatable bonds is 9. The van der Waals surface area contributed by atoms with Gasteiger partial charge in [-0.25, -0.2) is 4.98 Å². The minimum Gasteiger partial charge on any atom is -0.872 e. The van der Waals surface area contributed by atoms with Crippen molar-refractivity contribution in [3.05, 3.63) is 89.3 Å². The van der Waals surface area contributed by atoms with Gasteiger partial charge in [0.05, 0.1) is 32.4 Å². The number of ether oxygens (including phenoxy) is 3. The molecule has 1 aromatic heterocycles. The number of hydrogen-bond donors (Lipinski definition) is 0. The van der Waals surface area contributed by atoms with E-state index in [1.165, 1.54) is 12.0 Å². The molecule has 0 aliphatic carbocycles. The lowest BCUT2D eigenvalue weighted by atomic mass is 9.94. The predicted molar refractivity (Wildman–Crippen MR) is 135 cm³/mol. The van der Waals surface area contributed by atoms with Crippen LogP contribution in [0.5, 0.6) is 17.2 Å². The van der Waals surface area contributed by atoms with Crippen LogP contribution in [-0.2, 0) is 16.1 Å². The molecule has 192 valence electrons. The zero-order valence-corrected chi connectivity index (χ0v) is 21.3. The molecule has 8 nitrogen and oxygen atoms in total. The molecule has 1 fully saturated rings. The number of benzene rings is 2. The molecule has 0 spiro atoms. The first-order valence-electron chi connectivity index (χ1n) is 12.1. The number of H-pyrrole nitrogens is 1. The third-order valence-electron chi connectivity index (χ3n) is 5.95. The van der Waals surface area contributed by atoms with Crippen molar-refractivity contribution in [1.82, 2.24) is 4.90 Å². The van der Waals surface area contributed by atoms with E-state index in [0.717, 1.165) is 5.56 Å². The van der Waals surface area contributed by atoms with E-state index < -0.39 is 23.5 Å². The molecule has 1 unspecified atom stereocenters. The predicted octanol–water partition coefficient (Wildman–Crippen LogP) is 3.12. The van der Waals surface area contributed by atoms with Crippen LogP contribution in [0.4, 0.5) is 0 Å². The molecule has 0 bridgehead atoms. The van der Waals surface area contributed by atoms with Crippen molar-refractivity contribution in [2.45, 2.75) is 39.5 Å². The molecule has 2 heterocycles. The summed E-state index contributed by atoms with van der Waals surface area (Å²) in [5.74, 6) is -0.465. The topological polar surface area (TPSA) is 102 Å². The average molecular weight is 503 g/mol. The van der Waals surface area contributed by atoms with Crippen molar-refractivity contribution in [2.24, 2.45) is 0 Å². The number of amides is 1. The first kappa shape index (κ1) is 25.8. The summed E-state index contributed by atoms with van der Waals surface area (Å²) in [5.41, 5.74) is 1.55. The molecule has 37 heavy (non-hydrogen) atoms. The van der Waals surface area contributed by atoms with Gasteiger partial charge < -0.3 is 24.2 Å². The molecule has 1 aliphatic heterocycles. The molecule has 1 aliphatic rings. The van der Waals surface area contributed by atoms with Gasteiger partial charge in [0.1, 0.15) is 5.75 Å². The van der Waals surface area contributed by atoms with Gasteiger partial charge in [-0.2, -0.15) is 0 Å². The standard InChI is InChI=1S/C29H30N2O6/c1-5-36-23-13-10-21(15-24(23)35-4)26-25(27(32)20-8-11-22(12-9-20)37-18(2)3)28(33)29(34)31(26)17-19-7-6-14-30-16-19/h6-16,18,26,32H,5,17H2,1-4H3/b27-25+. The monoisotopic (exact) mass is 502 g/mol. The van der Waals surface area contributed by atoms with Crippen molar-refractivity contribution in [2.75, 3.05) is 13.7 Å². The minimum absolute atomic E-state index is 0.0206. The number of carbonyl (C=O) groups is 2. The number of hydrogen-bond acceptors (Lipinski definition) is 6. The Kier molecular flexibility index (Phi) is 7.77. The Morgan fingerprint density at radius 1 is 1.08 bits per heavy atom. The molecular formula is C29H30N2O6. The van der Waals surface area contributed by atoms with E-state index in [-0.39, 0.29) is 18.2 Å². The molecule has 0 saturated carbocycles. The highest BCUT2D eigenvalue weighted by Gasteiger charge is 2.44. The summed E-state index contributed by atoms with van der Waals surface area (Å²) < 4.78 is 16.8. The summed E-state index contributed by atoms with van der Waals surface area (Å²) in [4.78, 5) is 31.0. The van der Waals surface area contributed by atoms with Crippen LogP contribution in [0.1, 0.15) is 43.5 Å². The van der Waals surface area contributed by atoms with E-state index in [1.807, 2.05) is 32.9 Å². The second-order valence-corrected chi connectivity index (χ2v) is 8.85. The zero-order chi connectivity index (χ0) is 26.5. The second-order valence-electron chi connectivity index (χ2n) is 8.85. The largest absolute Gasteiger partial charge is 0.872 e. The van der Waals surface area contributed by atoms with E-state index in [4.69, 9.17) is 14.2 Å². The molecule has 2 aromatic carbocycles. The lowest BCUT2D eigenvalue weighted by Gasteiger charge is -2.28. The molecule has 4 rings (SSSR count). The molecule has 1 saturated heterocycles. The molecule has 0 radical (unpaired) electrons. The van der Waals surface area contributed by atoms with Crippen LogP contribution < -0.4 is 24.3 Å². The number of nitrogens with one attached hydrogen (secondary N) is 1. The quantitative estimate of drug-likeness (QED) is 0.253. The highest BCUT2D eigenvalue weighted by atomic mass is 16.5. The number of ketones is 1. The van der Waals surface area contributed by atoms with Crippen LogP contribution in [0.2, 0.25) is 0 Å². The van der Waals surface area contributed by atoms with Crippen molar-refractivity contribution in [1.29, 1.82) is 0 Å². The Morgan fingerprint density at radius 2 is 1.84 bits per heavy atom. The van der Waals surface area contributed by atoms with Crippen LogP contribution in [-0.4, -0.2) is 36.4 Å². The fourth-order valence-corrected chi connectivity index (χ4v) is 4.35. The first-order valence-corrected chi connectivity index (χ1v) is 12.1. The average Bonchev–Trinajstić information content (AvgIpc) is 3.14. The number of Topliss-reactive ketones (excluding diaryl/α,β-unsaturated/α-hetero) is 1. The van der Waals surface area contributed by atoms with E-state index in [2.05, 4.69) is 4.98 Å². The van der Waals surface area contributed by atoms with Crippen molar-refractivity contribution >= 4 is 17.4 Å². The minimum atomic E-state index is -0.899. The normalized spacial score (nSPS) is 16.8. The first-order chi connectivity index (χ1) is 17.8. The highest BCUT2D eigenvalue weighted by molar-refractivity contribution is 6.46. The van der Waals surface area contributed by atoms with Gasteiger partial charge >= 0.3 is 0 Å². The van der Waals surface area contributed by atoms with E-state index in [9.17, 15) is 14.7 Å².